The summed E-state index contributed by atoms with van der Waals surface area (Å²) in [7, 11) is 0. The molecule has 1 aliphatic rings. The first-order chi connectivity index (χ1) is 11.7. The number of carbonyl (C=O) groups is 1. The zero-order valence-electron chi connectivity index (χ0n) is 13.7. The first kappa shape index (κ1) is 16.5. The van der Waals surface area contributed by atoms with E-state index in [1.807, 2.05) is 48.5 Å². The van der Waals surface area contributed by atoms with Crippen LogP contribution in [0.3, 0.4) is 0 Å². The second-order valence-corrected chi connectivity index (χ2v) is 6.59. The first-order valence-corrected chi connectivity index (χ1v) is 8.31. The fraction of sp³-hybridized carbons (Fsp3) is 0.350. The average Bonchev–Trinajstić information content (AvgIpc) is 2.61. The molecule has 2 aromatic rings. The summed E-state index contributed by atoms with van der Waals surface area (Å²) in [4.78, 5) is 11.9. The molecule has 1 fully saturated rings. The first-order valence-electron chi connectivity index (χ1n) is 8.31. The highest BCUT2D eigenvalue weighted by Crippen LogP contribution is 2.50. The molecule has 0 radical (unpaired) electrons. The van der Waals surface area contributed by atoms with E-state index in [-0.39, 0.29) is 18.6 Å². The minimum Gasteiger partial charge on any atom is -0.445 e. The molecule has 0 bridgehead atoms. The van der Waals surface area contributed by atoms with Gasteiger partial charge in [-0.25, -0.2) is 4.79 Å². The van der Waals surface area contributed by atoms with Gasteiger partial charge >= 0.3 is 6.09 Å². The van der Waals surface area contributed by atoms with Crippen molar-refractivity contribution in [3.05, 3.63) is 71.8 Å². The normalized spacial score (nSPS) is 22.5. The molecule has 4 nitrogen and oxygen atoms in total. The third kappa shape index (κ3) is 3.95. The second-order valence-electron chi connectivity index (χ2n) is 6.59. The Kier molecular flexibility index (Phi) is 5.16. The van der Waals surface area contributed by atoms with Gasteiger partial charge in [0, 0.05) is 12.0 Å². The number of amides is 1. The van der Waals surface area contributed by atoms with Gasteiger partial charge in [-0.05, 0) is 29.9 Å². The predicted molar refractivity (Wildman–Crippen MR) is 92.6 cm³/mol. The number of nitrogens with one attached hydrogen (secondary N) is 1. The van der Waals surface area contributed by atoms with Crippen LogP contribution in [0.4, 0.5) is 4.79 Å². The number of ether oxygens (including phenoxy) is 1. The van der Waals surface area contributed by atoms with Crippen molar-refractivity contribution < 1.29 is 14.6 Å². The molecule has 0 aromatic heterocycles. The van der Waals surface area contributed by atoms with Crippen LogP contribution in [0.15, 0.2) is 60.7 Å². The molecule has 24 heavy (non-hydrogen) atoms. The van der Waals surface area contributed by atoms with Crippen LogP contribution in [-0.2, 0) is 11.3 Å². The molecule has 0 unspecified atom stereocenters. The van der Waals surface area contributed by atoms with Crippen molar-refractivity contribution in [3.63, 3.8) is 0 Å². The van der Waals surface area contributed by atoms with Crippen molar-refractivity contribution in [3.8, 4) is 0 Å². The van der Waals surface area contributed by atoms with Gasteiger partial charge in [0.25, 0.3) is 0 Å². The summed E-state index contributed by atoms with van der Waals surface area (Å²) in [5.41, 5.74) is 2.03. The lowest BCUT2D eigenvalue weighted by atomic mass is 9.60. The summed E-state index contributed by atoms with van der Waals surface area (Å²) in [6, 6.07) is 19.9. The molecule has 0 atom stereocenters. The van der Waals surface area contributed by atoms with Gasteiger partial charge < -0.3 is 15.2 Å². The van der Waals surface area contributed by atoms with Crippen LogP contribution in [0, 0.1) is 5.41 Å². The van der Waals surface area contributed by atoms with Crippen LogP contribution >= 0.6 is 0 Å². The Labute approximate surface area is 142 Å². The van der Waals surface area contributed by atoms with Crippen LogP contribution in [0.2, 0.25) is 0 Å². The molecule has 0 saturated heterocycles. The molecule has 126 valence electrons. The third-order valence-corrected chi connectivity index (χ3v) is 4.79. The Morgan fingerprint density at radius 1 is 1.08 bits per heavy atom. The van der Waals surface area contributed by atoms with Crippen LogP contribution in [0.1, 0.15) is 29.9 Å². The number of rotatable bonds is 6. The molecular formula is C20H23NO3. The van der Waals surface area contributed by atoms with Crippen LogP contribution < -0.4 is 5.32 Å². The van der Waals surface area contributed by atoms with Crippen molar-refractivity contribution in [1.29, 1.82) is 0 Å². The number of aliphatic hydroxyl groups is 1. The van der Waals surface area contributed by atoms with Gasteiger partial charge in [0.1, 0.15) is 6.61 Å². The second kappa shape index (κ2) is 7.49. The molecule has 0 aliphatic heterocycles. The molecule has 3 rings (SSSR count). The summed E-state index contributed by atoms with van der Waals surface area (Å²) in [6.45, 7) is 0.779. The van der Waals surface area contributed by atoms with E-state index in [4.69, 9.17) is 4.74 Å². The monoisotopic (exact) mass is 325 g/mol. The zero-order valence-corrected chi connectivity index (χ0v) is 13.7. The van der Waals surface area contributed by atoms with Crippen molar-refractivity contribution in [2.75, 3.05) is 13.2 Å². The molecule has 2 N–H and O–H groups in total. The van der Waals surface area contributed by atoms with E-state index in [1.54, 1.807) is 0 Å². The number of carbonyl (C=O) groups excluding carboxylic acids is 1. The maximum absolute atomic E-state index is 11.9. The lowest BCUT2D eigenvalue weighted by molar-refractivity contribution is 0.0242. The van der Waals surface area contributed by atoms with E-state index in [0.717, 1.165) is 18.4 Å². The van der Waals surface area contributed by atoms with Gasteiger partial charge in [0.2, 0.25) is 0 Å². The van der Waals surface area contributed by atoms with E-state index < -0.39 is 6.09 Å². The van der Waals surface area contributed by atoms with Crippen LogP contribution in [-0.4, -0.2) is 24.4 Å². The average molecular weight is 325 g/mol. The topological polar surface area (TPSA) is 58.6 Å². The minimum atomic E-state index is -0.435. The highest BCUT2D eigenvalue weighted by molar-refractivity contribution is 5.67. The van der Waals surface area contributed by atoms with Gasteiger partial charge in [-0.15, -0.1) is 0 Å². The Morgan fingerprint density at radius 2 is 1.71 bits per heavy atom. The summed E-state index contributed by atoms with van der Waals surface area (Å²) < 4.78 is 5.22. The number of alkyl carbamates (subject to hydrolysis) is 1. The molecule has 0 spiro atoms. The molecular weight excluding hydrogens is 302 g/mol. The summed E-state index contributed by atoms with van der Waals surface area (Å²) >= 11 is 0. The van der Waals surface area contributed by atoms with Crippen molar-refractivity contribution in [2.24, 2.45) is 5.41 Å². The molecule has 2 aromatic carbocycles. The lowest BCUT2D eigenvalue weighted by Crippen LogP contribution is -2.48. The highest BCUT2D eigenvalue weighted by atomic mass is 16.5. The van der Waals surface area contributed by atoms with Gasteiger partial charge in [0.15, 0.2) is 0 Å². The molecule has 1 saturated carbocycles. The van der Waals surface area contributed by atoms with E-state index in [9.17, 15) is 9.90 Å². The molecule has 4 heteroatoms. The predicted octanol–water partition coefficient (Wildman–Crippen LogP) is 3.47. The van der Waals surface area contributed by atoms with Crippen LogP contribution in [0.25, 0.3) is 0 Å². The maximum atomic E-state index is 11.9. The van der Waals surface area contributed by atoms with Gasteiger partial charge in [-0.2, -0.15) is 0 Å². The smallest absolute Gasteiger partial charge is 0.407 e. The maximum Gasteiger partial charge on any atom is 0.407 e. The number of hydrogen-bond acceptors (Lipinski definition) is 3. The summed E-state index contributed by atoms with van der Waals surface area (Å²) in [6.07, 6.45) is 1.33. The van der Waals surface area contributed by atoms with Crippen molar-refractivity contribution in [1.82, 2.24) is 5.32 Å². The minimum absolute atomic E-state index is 0.0787. The number of aliphatic hydroxyl groups excluding tert-OH is 1. The van der Waals surface area contributed by atoms with Gasteiger partial charge in [0.05, 0.1) is 6.61 Å². The lowest BCUT2D eigenvalue weighted by Gasteiger charge is -2.47. The fourth-order valence-corrected chi connectivity index (χ4v) is 3.31. The quantitative estimate of drug-likeness (QED) is 0.855. The van der Waals surface area contributed by atoms with Crippen LogP contribution in [0.5, 0.6) is 0 Å². The number of benzene rings is 2. The Morgan fingerprint density at radius 3 is 2.33 bits per heavy atom. The van der Waals surface area contributed by atoms with E-state index >= 15 is 0 Å². The SMILES string of the molecule is O=C(NCC1(CO)CC(c2ccccc2)C1)OCc1ccccc1. The molecule has 0 heterocycles. The van der Waals surface area contributed by atoms with E-state index in [0.29, 0.717) is 12.5 Å². The van der Waals surface area contributed by atoms with Crippen molar-refractivity contribution >= 4 is 6.09 Å². The third-order valence-electron chi connectivity index (χ3n) is 4.79. The van der Waals surface area contributed by atoms with E-state index in [1.165, 1.54) is 5.56 Å². The van der Waals surface area contributed by atoms with Crippen molar-refractivity contribution in [2.45, 2.75) is 25.4 Å². The molecule has 1 amide bonds. The largest absolute Gasteiger partial charge is 0.445 e. The Bertz CT molecular complexity index is 651. The van der Waals surface area contributed by atoms with Gasteiger partial charge in [-0.1, -0.05) is 60.7 Å². The standard InChI is InChI=1S/C20H23NO3/c22-15-20(11-18(12-20)17-9-5-2-6-10-17)14-21-19(23)24-13-16-7-3-1-4-8-16/h1-10,18,22H,11-15H2,(H,21,23). The van der Waals surface area contributed by atoms with Gasteiger partial charge in [-0.3, -0.25) is 0 Å². The Balaban J connectivity index is 1.44. The number of hydrogen-bond donors (Lipinski definition) is 2. The zero-order chi connectivity index (χ0) is 16.8. The van der Waals surface area contributed by atoms with E-state index in [2.05, 4.69) is 17.4 Å². The molecule has 1 aliphatic carbocycles. The fourth-order valence-electron chi connectivity index (χ4n) is 3.31. The Hall–Kier alpha value is -2.33. The summed E-state index contributed by atoms with van der Waals surface area (Å²) in [5, 5.41) is 12.5. The highest BCUT2D eigenvalue weighted by Gasteiger charge is 2.44. The summed E-state index contributed by atoms with van der Waals surface area (Å²) in [5.74, 6) is 0.459.